The van der Waals surface area contributed by atoms with Crippen LogP contribution >= 0.6 is 0 Å². The number of nitrogens with one attached hydrogen (secondary N) is 1. The molecule has 1 aliphatic rings. The predicted molar refractivity (Wildman–Crippen MR) is 91.2 cm³/mol. The van der Waals surface area contributed by atoms with Gasteiger partial charge in [0.1, 0.15) is 5.60 Å². The monoisotopic (exact) mass is 313 g/mol. The molecule has 1 N–H and O–H groups in total. The molecule has 22 heavy (non-hydrogen) atoms. The molecule has 2 atom stereocenters. The number of likely N-dealkylation sites (N-methyl/N-ethyl adjacent to an activating group) is 1. The van der Waals surface area contributed by atoms with Gasteiger partial charge in [-0.1, -0.05) is 6.92 Å². The summed E-state index contributed by atoms with van der Waals surface area (Å²) in [7, 11) is 2.13. The van der Waals surface area contributed by atoms with Crippen molar-refractivity contribution in [2.75, 3.05) is 33.2 Å². The highest BCUT2D eigenvalue weighted by Crippen LogP contribution is 2.23. The van der Waals surface area contributed by atoms with E-state index in [1.165, 1.54) is 0 Å². The van der Waals surface area contributed by atoms with Crippen molar-refractivity contribution in [2.24, 2.45) is 0 Å². The minimum atomic E-state index is -0.418. The van der Waals surface area contributed by atoms with E-state index in [1.807, 2.05) is 25.7 Å². The maximum atomic E-state index is 12.3. The molecule has 130 valence electrons. The summed E-state index contributed by atoms with van der Waals surface area (Å²) in [6, 6.07) is 0.722. The van der Waals surface area contributed by atoms with E-state index >= 15 is 0 Å². The molecule has 1 amide bonds. The number of carbonyl (C=O) groups excluding carboxylic acids is 1. The van der Waals surface area contributed by atoms with Crippen molar-refractivity contribution in [1.82, 2.24) is 15.1 Å². The van der Waals surface area contributed by atoms with Crippen LogP contribution in [0.5, 0.6) is 0 Å². The number of amides is 1. The lowest BCUT2D eigenvalue weighted by molar-refractivity contribution is 0.0214. The van der Waals surface area contributed by atoms with Crippen molar-refractivity contribution in [3.63, 3.8) is 0 Å². The summed E-state index contributed by atoms with van der Waals surface area (Å²) in [5, 5.41) is 3.56. The lowest BCUT2D eigenvalue weighted by Crippen LogP contribution is -2.43. The number of ether oxygens (including phenoxy) is 1. The molecule has 1 saturated heterocycles. The Balaban J connectivity index is 2.38. The van der Waals surface area contributed by atoms with Gasteiger partial charge in [0, 0.05) is 31.7 Å². The highest BCUT2D eigenvalue weighted by molar-refractivity contribution is 5.68. The summed E-state index contributed by atoms with van der Waals surface area (Å²) < 4.78 is 5.52. The highest BCUT2D eigenvalue weighted by atomic mass is 16.6. The first-order valence-electron chi connectivity index (χ1n) is 8.64. The van der Waals surface area contributed by atoms with Crippen LogP contribution in [-0.2, 0) is 4.74 Å². The molecule has 2 unspecified atom stereocenters. The van der Waals surface area contributed by atoms with Gasteiger partial charge in [0.2, 0.25) is 0 Å². The number of rotatable bonds is 7. The molecule has 1 heterocycles. The Hall–Kier alpha value is -0.810. The van der Waals surface area contributed by atoms with E-state index in [0.717, 1.165) is 45.4 Å². The standard InChI is InChI=1S/C17H35N3O2/c1-7-19(6)12-10-18-14(2)13-15-9-8-11-20(15)16(21)22-17(3,4)5/h14-15,18H,7-13H2,1-6H3. The maximum absolute atomic E-state index is 12.3. The zero-order valence-electron chi connectivity index (χ0n) is 15.3. The molecular formula is C17H35N3O2. The maximum Gasteiger partial charge on any atom is 0.410 e. The van der Waals surface area contributed by atoms with Gasteiger partial charge in [0.25, 0.3) is 0 Å². The number of likely N-dealkylation sites (tertiary alicyclic amines) is 1. The predicted octanol–water partition coefficient (Wildman–Crippen LogP) is 2.71. The quantitative estimate of drug-likeness (QED) is 0.785. The van der Waals surface area contributed by atoms with Crippen molar-refractivity contribution < 1.29 is 9.53 Å². The summed E-state index contributed by atoms with van der Waals surface area (Å²) in [6.07, 6.45) is 3.00. The normalized spacial score (nSPS) is 20.5. The molecular weight excluding hydrogens is 278 g/mol. The zero-order chi connectivity index (χ0) is 16.8. The zero-order valence-corrected chi connectivity index (χ0v) is 15.3. The first-order chi connectivity index (χ1) is 10.2. The van der Waals surface area contributed by atoms with Gasteiger partial charge in [-0.3, -0.25) is 0 Å². The minimum Gasteiger partial charge on any atom is -0.444 e. The van der Waals surface area contributed by atoms with Gasteiger partial charge in [0.15, 0.2) is 0 Å². The van der Waals surface area contributed by atoms with Gasteiger partial charge in [-0.2, -0.15) is 0 Å². The molecule has 1 rings (SSSR count). The average molecular weight is 313 g/mol. The fourth-order valence-electron chi connectivity index (χ4n) is 2.79. The third kappa shape index (κ3) is 6.97. The minimum absolute atomic E-state index is 0.159. The molecule has 0 aromatic carbocycles. The van der Waals surface area contributed by atoms with E-state index in [2.05, 4.69) is 31.1 Å². The van der Waals surface area contributed by atoms with Crippen LogP contribution in [0.4, 0.5) is 4.79 Å². The molecule has 0 bridgehead atoms. The van der Waals surface area contributed by atoms with Crippen LogP contribution in [0.1, 0.15) is 53.9 Å². The van der Waals surface area contributed by atoms with Crippen LogP contribution in [0, 0.1) is 0 Å². The Morgan fingerprint density at radius 2 is 2.14 bits per heavy atom. The van der Waals surface area contributed by atoms with Crippen LogP contribution in [-0.4, -0.2) is 66.8 Å². The summed E-state index contributed by atoms with van der Waals surface area (Å²) >= 11 is 0. The Labute approximate surface area is 136 Å². The fraction of sp³-hybridized carbons (Fsp3) is 0.941. The lowest BCUT2D eigenvalue weighted by Gasteiger charge is -2.30. The van der Waals surface area contributed by atoms with Gasteiger partial charge in [-0.25, -0.2) is 4.79 Å². The van der Waals surface area contributed by atoms with E-state index in [4.69, 9.17) is 4.74 Å². The third-order valence-corrected chi connectivity index (χ3v) is 4.16. The lowest BCUT2D eigenvalue weighted by atomic mass is 10.1. The summed E-state index contributed by atoms with van der Waals surface area (Å²) in [6.45, 7) is 14.1. The van der Waals surface area contributed by atoms with Crippen LogP contribution in [0.2, 0.25) is 0 Å². The second-order valence-electron chi connectivity index (χ2n) is 7.46. The molecule has 1 aliphatic heterocycles. The van der Waals surface area contributed by atoms with Crippen LogP contribution in [0.25, 0.3) is 0 Å². The summed E-state index contributed by atoms with van der Waals surface area (Å²) in [5.74, 6) is 0. The summed E-state index contributed by atoms with van der Waals surface area (Å²) in [5.41, 5.74) is -0.418. The van der Waals surface area contributed by atoms with E-state index < -0.39 is 5.60 Å². The Morgan fingerprint density at radius 3 is 2.73 bits per heavy atom. The molecule has 5 heteroatoms. The van der Waals surface area contributed by atoms with E-state index in [9.17, 15) is 4.79 Å². The van der Waals surface area contributed by atoms with Crippen molar-refractivity contribution >= 4 is 6.09 Å². The van der Waals surface area contributed by atoms with Crippen molar-refractivity contribution in [3.05, 3.63) is 0 Å². The van der Waals surface area contributed by atoms with E-state index in [0.29, 0.717) is 12.1 Å². The number of carbonyl (C=O) groups is 1. The van der Waals surface area contributed by atoms with Crippen molar-refractivity contribution in [2.45, 2.75) is 71.6 Å². The molecule has 0 aromatic rings. The van der Waals surface area contributed by atoms with Gasteiger partial charge in [-0.15, -0.1) is 0 Å². The largest absolute Gasteiger partial charge is 0.444 e. The van der Waals surface area contributed by atoms with Crippen LogP contribution in [0.15, 0.2) is 0 Å². The van der Waals surface area contributed by atoms with Gasteiger partial charge in [-0.05, 0) is 60.5 Å². The third-order valence-electron chi connectivity index (χ3n) is 4.16. The number of hydrogen-bond acceptors (Lipinski definition) is 4. The topological polar surface area (TPSA) is 44.8 Å². The first kappa shape index (κ1) is 19.2. The average Bonchev–Trinajstić information content (AvgIpc) is 2.84. The van der Waals surface area contributed by atoms with E-state index in [-0.39, 0.29) is 6.09 Å². The van der Waals surface area contributed by atoms with Crippen molar-refractivity contribution in [3.8, 4) is 0 Å². The van der Waals surface area contributed by atoms with Gasteiger partial charge in [0.05, 0.1) is 0 Å². The number of hydrogen-bond donors (Lipinski definition) is 1. The molecule has 1 fully saturated rings. The molecule has 0 aromatic heterocycles. The molecule has 0 radical (unpaired) electrons. The SMILES string of the molecule is CCN(C)CCNC(C)CC1CCCN1C(=O)OC(C)(C)C. The smallest absolute Gasteiger partial charge is 0.410 e. The fourth-order valence-corrected chi connectivity index (χ4v) is 2.79. The van der Waals surface area contributed by atoms with Gasteiger partial charge >= 0.3 is 6.09 Å². The molecule has 5 nitrogen and oxygen atoms in total. The first-order valence-corrected chi connectivity index (χ1v) is 8.64. The number of nitrogens with zero attached hydrogens (tertiary/aromatic N) is 2. The Kier molecular flexibility index (Phi) is 7.63. The second-order valence-corrected chi connectivity index (χ2v) is 7.46. The second kappa shape index (κ2) is 8.73. The molecule has 0 spiro atoms. The Bertz CT molecular complexity index is 341. The Morgan fingerprint density at radius 1 is 1.45 bits per heavy atom. The molecule has 0 aliphatic carbocycles. The highest BCUT2D eigenvalue weighted by Gasteiger charge is 2.32. The van der Waals surface area contributed by atoms with Crippen LogP contribution < -0.4 is 5.32 Å². The van der Waals surface area contributed by atoms with Crippen LogP contribution in [0.3, 0.4) is 0 Å². The summed E-state index contributed by atoms with van der Waals surface area (Å²) in [4.78, 5) is 16.5. The molecule has 0 saturated carbocycles. The van der Waals surface area contributed by atoms with E-state index in [1.54, 1.807) is 0 Å². The van der Waals surface area contributed by atoms with Gasteiger partial charge < -0.3 is 19.9 Å². The van der Waals surface area contributed by atoms with Crippen molar-refractivity contribution in [1.29, 1.82) is 0 Å².